The van der Waals surface area contributed by atoms with Crippen LogP contribution in [0.1, 0.15) is 112 Å². The van der Waals surface area contributed by atoms with Gasteiger partial charge in [-0.1, -0.05) is 71.1 Å². The fourth-order valence-electron chi connectivity index (χ4n) is 5.33. The van der Waals surface area contributed by atoms with Crippen molar-refractivity contribution in [3.05, 3.63) is 0 Å². The minimum absolute atomic E-state index is 0. The summed E-state index contributed by atoms with van der Waals surface area (Å²) in [6.45, 7) is 7.87. The van der Waals surface area contributed by atoms with Gasteiger partial charge >= 0.3 is 65.1 Å². The maximum Gasteiger partial charge on any atom is 1.00 e. The van der Waals surface area contributed by atoms with Crippen LogP contribution in [0.2, 0.25) is 0 Å². The van der Waals surface area contributed by atoms with Crippen LogP contribution in [0.3, 0.4) is 0 Å². The molecule has 0 aliphatic rings. The van der Waals surface area contributed by atoms with E-state index in [0.29, 0.717) is 6.42 Å². The Morgan fingerprint density at radius 3 is 1.28 bits per heavy atom. The van der Waals surface area contributed by atoms with Gasteiger partial charge in [0, 0.05) is 44.9 Å². The van der Waals surface area contributed by atoms with E-state index in [-0.39, 0.29) is 85.4 Å². The summed E-state index contributed by atoms with van der Waals surface area (Å²) in [5.41, 5.74) is 0. The average Bonchev–Trinajstić information content (AvgIpc) is 2.88. The van der Waals surface area contributed by atoms with Crippen molar-refractivity contribution in [1.29, 1.82) is 0 Å². The van der Waals surface area contributed by atoms with Crippen molar-refractivity contribution in [2.45, 2.75) is 129 Å². The summed E-state index contributed by atoms with van der Waals surface area (Å²) in [7, 11) is -5.95. The molecule has 244 valence electrons. The van der Waals surface area contributed by atoms with E-state index in [1.807, 2.05) is 0 Å². The first kappa shape index (κ1) is 48.1. The van der Waals surface area contributed by atoms with Gasteiger partial charge in [0.2, 0.25) is 4.75 Å². The van der Waals surface area contributed by atoms with Crippen LogP contribution in [0, 0.1) is 5.92 Å². The number of carbonyl (C=O) groups is 2. The second-order valence-electron chi connectivity index (χ2n) is 9.68. The molecule has 0 aromatic rings. The monoisotopic (exact) mass is 658 g/mol. The summed E-state index contributed by atoms with van der Waals surface area (Å²) >= 11 is 0. The van der Waals surface area contributed by atoms with Crippen LogP contribution in [-0.4, -0.2) is 74.5 Å². The normalized spacial score (nSPS) is 14.3. The first-order valence-corrected chi connectivity index (χ1v) is 16.4. The third-order valence-electron chi connectivity index (χ3n) is 6.92. The van der Waals surface area contributed by atoms with Gasteiger partial charge in [-0.15, -0.1) is 0 Å². The van der Waals surface area contributed by atoms with E-state index < -0.39 is 64.1 Å². The van der Waals surface area contributed by atoms with E-state index in [9.17, 15) is 32.8 Å². The van der Waals surface area contributed by atoms with E-state index >= 15 is 0 Å². The predicted octanol–water partition coefficient (Wildman–Crippen LogP) is -3.42. The molecule has 12 nitrogen and oxygen atoms in total. The number of hydrogen-bond donors (Lipinski definition) is 1. The van der Waals surface area contributed by atoms with Crippen molar-refractivity contribution in [1.82, 2.24) is 0 Å². The van der Waals surface area contributed by atoms with Gasteiger partial charge in [0.25, 0.3) is 15.9 Å². The predicted molar refractivity (Wildman–Crippen MR) is 148 cm³/mol. The Bertz CT molecular complexity index is 836. The van der Waals surface area contributed by atoms with E-state index in [2.05, 4.69) is 6.92 Å². The quantitative estimate of drug-likeness (QED) is 0.0400. The minimum atomic E-state index is -5.95. The molecule has 0 spiro atoms. The number of unbranched alkanes of at least 4 members (excludes halogenated alkanes) is 9. The third-order valence-corrected chi connectivity index (χ3v) is 8.46. The Hall–Kier alpha value is 0.650. The molecule has 2 unspecified atom stereocenters. The average molecular weight is 659 g/mol. The summed E-state index contributed by atoms with van der Waals surface area (Å²) in [6.07, 6.45) is 8.43. The molecule has 0 bridgehead atoms. The molecule has 0 saturated heterocycles. The molecule has 43 heavy (non-hydrogen) atoms. The van der Waals surface area contributed by atoms with E-state index in [1.54, 1.807) is 0 Å². The van der Waals surface area contributed by atoms with Crippen LogP contribution in [0.4, 0.5) is 0 Å². The summed E-state index contributed by atoms with van der Waals surface area (Å²) in [5.74, 6) is -12.9. The maximum absolute atomic E-state index is 13.3. The van der Waals surface area contributed by atoms with Crippen molar-refractivity contribution in [2.24, 2.45) is 5.92 Å². The standard InChI is InChI=1S/C28H54O12S.2Na/c1-7-13-14-15-16-17-18-19-20-21-22-23(24(29)30)26(25(31)32,41(33,34)35)27(36-8-2,37-9-3)28(38-10-4,39-11-5)40-12-6;;/h23H,7-22H2,1-6H3,(H,29,30)(H,31,32)(H,33,34,35);;/q;2*+1/p-2. The number of carbonyl (C=O) groups excluding carboxylic acids is 2. The molecular formula is C28H52Na2O12S. The van der Waals surface area contributed by atoms with E-state index in [4.69, 9.17) is 23.7 Å². The van der Waals surface area contributed by atoms with Crippen LogP contribution in [-0.2, 0) is 43.4 Å². The molecule has 0 aliphatic carbocycles. The van der Waals surface area contributed by atoms with Crippen LogP contribution >= 0.6 is 0 Å². The molecule has 0 aromatic carbocycles. The molecule has 0 rings (SSSR count). The number of aliphatic carboxylic acids is 2. The summed E-state index contributed by atoms with van der Waals surface area (Å²) < 4.78 is 62.0. The Morgan fingerprint density at radius 2 is 1.00 bits per heavy atom. The Morgan fingerprint density at radius 1 is 0.651 bits per heavy atom. The van der Waals surface area contributed by atoms with Gasteiger partial charge in [-0.25, -0.2) is 0 Å². The molecule has 1 N–H and O–H groups in total. The molecule has 0 amide bonds. The van der Waals surface area contributed by atoms with Crippen molar-refractivity contribution in [2.75, 3.05) is 33.0 Å². The summed E-state index contributed by atoms with van der Waals surface area (Å²) in [4.78, 5) is 25.7. The Kier molecular flexibility index (Phi) is 27.7. The Labute approximate surface area is 303 Å². The van der Waals surface area contributed by atoms with Crippen molar-refractivity contribution in [3.8, 4) is 0 Å². The SMILES string of the molecule is CCCCCCCCCCCCC(C(=O)[O-])C(C(=O)[O-])(C(OCC)(OCC)C(OCC)(OCC)OCC)S(=O)(=O)O.[Na+].[Na+]. The smallest absolute Gasteiger partial charge is 0.550 e. The molecule has 0 aliphatic heterocycles. The second kappa shape index (κ2) is 24.8. The molecular weight excluding hydrogens is 606 g/mol. The van der Waals surface area contributed by atoms with Crippen molar-refractivity contribution in [3.63, 3.8) is 0 Å². The van der Waals surface area contributed by atoms with Gasteiger partial charge in [0.05, 0.1) is 5.97 Å². The van der Waals surface area contributed by atoms with Gasteiger partial charge in [-0.2, -0.15) is 8.42 Å². The van der Waals surface area contributed by atoms with Crippen LogP contribution in [0.25, 0.3) is 0 Å². The zero-order valence-electron chi connectivity index (χ0n) is 27.7. The largest absolute Gasteiger partial charge is 1.00 e. The van der Waals surface area contributed by atoms with E-state index in [0.717, 1.165) is 38.5 Å². The van der Waals surface area contributed by atoms with Gasteiger partial charge in [0.1, 0.15) is 0 Å². The molecule has 0 radical (unpaired) electrons. The number of carboxylic acid groups (broad SMARTS) is 2. The zero-order chi connectivity index (χ0) is 31.6. The number of carboxylic acids is 2. The van der Waals surface area contributed by atoms with Crippen molar-refractivity contribution < 1.29 is 116 Å². The minimum Gasteiger partial charge on any atom is -0.550 e. The van der Waals surface area contributed by atoms with Gasteiger partial charge < -0.3 is 43.5 Å². The summed E-state index contributed by atoms with van der Waals surface area (Å²) in [6, 6.07) is 0. The molecule has 2 atom stereocenters. The molecule has 0 fully saturated rings. The van der Waals surface area contributed by atoms with Gasteiger partial charge in [-0.05, 0) is 41.0 Å². The van der Waals surface area contributed by atoms with Crippen LogP contribution in [0.5, 0.6) is 0 Å². The Balaban J connectivity index is -0.00000800. The van der Waals surface area contributed by atoms with Crippen LogP contribution in [0.15, 0.2) is 0 Å². The second-order valence-corrected chi connectivity index (χ2v) is 11.3. The number of hydrogen-bond acceptors (Lipinski definition) is 11. The molecule has 0 aromatic heterocycles. The number of ether oxygens (including phenoxy) is 5. The molecule has 15 heteroatoms. The molecule has 0 heterocycles. The molecule has 0 saturated carbocycles. The maximum atomic E-state index is 13.3. The van der Waals surface area contributed by atoms with Gasteiger partial charge in [0.15, 0.2) is 0 Å². The fourth-order valence-corrected chi connectivity index (χ4v) is 6.70. The third kappa shape index (κ3) is 12.3. The topological polar surface area (TPSA) is 181 Å². The van der Waals surface area contributed by atoms with E-state index in [1.165, 1.54) is 47.5 Å². The van der Waals surface area contributed by atoms with Crippen LogP contribution < -0.4 is 69.3 Å². The zero-order valence-corrected chi connectivity index (χ0v) is 32.6. The fraction of sp³-hybridized carbons (Fsp3) is 0.929. The van der Waals surface area contributed by atoms with Gasteiger partial charge in [-0.3, -0.25) is 4.55 Å². The first-order valence-electron chi connectivity index (χ1n) is 15.0. The van der Waals surface area contributed by atoms with Crippen molar-refractivity contribution >= 4 is 22.1 Å². The summed E-state index contributed by atoms with van der Waals surface area (Å²) in [5, 5.41) is 25.7. The first-order chi connectivity index (χ1) is 19.4. The number of rotatable bonds is 27.